The summed E-state index contributed by atoms with van der Waals surface area (Å²) in [7, 11) is 0. The van der Waals surface area contributed by atoms with E-state index in [0.717, 1.165) is 6.54 Å². The van der Waals surface area contributed by atoms with Crippen molar-refractivity contribution in [3.05, 3.63) is 34.9 Å². The summed E-state index contributed by atoms with van der Waals surface area (Å²) in [6.45, 7) is 7.44. The van der Waals surface area contributed by atoms with E-state index in [1.54, 1.807) is 29.2 Å². The Labute approximate surface area is 132 Å². The first-order chi connectivity index (χ1) is 9.97. The van der Waals surface area contributed by atoms with Gasteiger partial charge in [-0.2, -0.15) is 0 Å². The van der Waals surface area contributed by atoms with Crippen LogP contribution < -0.4 is 4.90 Å². The van der Waals surface area contributed by atoms with Gasteiger partial charge in [0.1, 0.15) is 12.6 Å². The van der Waals surface area contributed by atoms with Crippen molar-refractivity contribution >= 4 is 17.6 Å². The Hall–Kier alpha value is -1.06. The first-order valence-corrected chi connectivity index (χ1v) is 8.17. The van der Waals surface area contributed by atoms with Crippen LogP contribution in [0.4, 0.5) is 0 Å². The molecule has 3 atom stereocenters. The van der Waals surface area contributed by atoms with E-state index in [-0.39, 0.29) is 12.1 Å². The van der Waals surface area contributed by atoms with Crippen LogP contribution >= 0.6 is 11.6 Å². The number of quaternary nitrogens is 1. The van der Waals surface area contributed by atoms with Crippen LogP contribution in [0, 0.1) is 0 Å². The zero-order valence-electron chi connectivity index (χ0n) is 13.1. The minimum Gasteiger partial charge on any atom is -0.453 e. The molecule has 1 N–H and O–H groups in total. The molecule has 3 nitrogen and oxygen atoms in total. The second-order valence-corrected chi connectivity index (χ2v) is 6.67. The highest BCUT2D eigenvalue weighted by Crippen LogP contribution is 2.11. The van der Waals surface area contributed by atoms with Crippen molar-refractivity contribution in [3.63, 3.8) is 0 Å². The molecule has 1 fully saturated rings. The average molecular weight is 311 g/mol. The molecule has 116 valence electrons. The number of hydrogen-bond acceptors (Lipinski definition) is 2. The van der Waals surface area contributed by atoms with Gasteiger partial charge in [-0.3, -0.25) is 0 Å². The third-order valence-electron chi connectivity index (χ3n) is 4.45. The number of rotatable bonds is 4. The summed E-state index contributed by atoms with van der Waals surface area (Å²) < 4.78 is 5.57. The Morgan fingerprint density at radius 1 is 1.29 bits per heavy atom. The molecule has 0 saturated carbocycles. The van der Waals surface area contributed by atoms with Crippen molar-refractivity contribution in [2.45, 2.75) is 58.2 Å². The number of carbonyl (C=O) groups excluding carboxylic acids is 1. The number of nitrogens with one attached hydrogen (secondary N) is 1. The molecule has 0 aliphatic carbocycles. The molecule has 1 aliphatic rings. The Bertz CT molecular complexity index is 464. The van der Waals surface area contributed by atoms with Gasteiger partial charge in [-0.25, -0.2) is 4.79 Å². The molecule has 0 spiro atoms. The normalized spacial score (nSPS) is 24.6. The molecule has 2 rings (SSSR count). The lowest BCUT2D eigenvalue weighted by Gasteiger charge is -2.37. The van der Waals surface area contributed by atoms with Gasteiger partial charge >= 0.3 is 5.97 Å². The summed E-state index contributed by atoms with van der Waals surface area (Å²) in [5, 5.41) is 0.625. The fourth-order valence-corrected chi connectivity index (χ4v) is 3.33. The molecule has 0 aromatic heterocycles. The monoisotopic (exact) mass is 310 g/mol. The van der Waals surface area contributed by atoms with Crippen molar-refractivity contribution in [1.29, 1.82) is 0 Å². The summed E-state index contributed by atoms with van der Waals surface area (Å²) in [6, 6.07) is 8.12. The number of hydrogen-bond donors (Lipinski definition) is 1. The molecule has 1 saturated heterocycles. The van der Waals surface area contributed by atoms with Crippen LogP contribution in [-0.2, 0) is 4.74 Å². The van der Waals surface area contributed by atoms with Crippen molar-refractivity contribution in [2.75, 3.05) is 6.54 Å². The second kappa shape index (κ2) is 7.28. The Kier molecular flexibility index (Phi) is 5.65. The number of halogens is 1. The Morgan fingerprint density at radius 2 is 1.86 bits per heavy atom. The fourth-order valence-electron chi connectivity index (χ4n) is 3.20. The summed E-state index contributed by atoms with van der Waals surface area (Å²) >= 11 is 5.83. The standard InChI is InChI=1S/C17H24ClNO2/c1-12-5-4-6-13(2)19(12)11-14(3)21-17(20)15-7-9-16(18)10-8-15/h7-10,12-14H,4-6,11H2,1-3H3/p+1/t12-,13-,14+/m0/s1. The summed E-state index contributed by atoms with van der Waals surface area (Å²) in [5.41, 5.74) is 0.556. The van der Waals surface area contributed by atoms with Crippen LogP contribution in [-0.4, -0.2) is 30.7 Å². The van der Waals surface area contributed by atoms with Gasteiger partial charge in [-0.05, 0) is 64.3 Å². The SMILES string of the molecule is C[C@H](C[NH+]1[C@@H](C)CCC[C@@H]1C)OC(=O)c1ccc(Cl)cc1. The van der Waals surface area contributed by atoms with Crippen LogP contribution in [0.1, 0.15) is 50.4 Å². The van der Waals surface area contributed by atoms with Gasteiger partial charge in [-0.1, -0.05) is 11.6 Å². The van der Waals surface area contributed by atoms with E-state index in [4.69, 9.17) is 16.3 Å². The number of likely N-dealkylation sites (tertiary alicyclic amines) is 1. The molecule has 4 heteroatoms. The van der Waals surface area contributed by atoms with Crippen molar-refractivity contribution in [1.82, 2.24) is 0 Å². The molecule has 0 amide bonds. The fraction of sp³-hybridized carbons (Fsp3) is 0.588. The predicted molar refractivity (Wildman–Crippen MR) is 84.9 cm³/mol. The van der Waals surface area contributed by atoms with Crippen LogP contribution in [0.5, 0.6) is 0 Å². The van der Waals surface area contributed by atoms with Crippen molar-refractivity contribution < 1.29 is 14.4 Å². The maximum absolute atomic E-state index is 12.1. The topological polar surface area (TPSA) is 30.7 Å². The third kappa shape index (κ3) is 4.45. The van der Waals surface area contributed by atoms with E-state index in [1.807, 2.05) is 6.92 Å². The summed E-state index contributed by atoms with van der Waals surface area (Å²) in [5.74, 6) is -0.268. The first kappa shape index (κ1) is 16.3. The average Bonchev–Trinajstić information content (AvgIpc) is 2.43. The second-order valence-electron chi connectivity index (χ2n) is 6.23. The molecule has 1 aliphatic heterocycles. The molecule has 1 aromatic rings. The molecule has 0 radical (unpaired) electrons. The third-order valence-corrected chi connectivity index (χ3v) is 4.70. The number of piperidine rings is 1. The minimum atomic E-state index is -0.268. The number of esters is 1. The molecule has 0 bridgehead atoms. The van der Waals surface area contributed by atoms with Gasteiger partial charge in [0.05, 0.1) is 17.6 Å². The molecule has 1 heterocycles. The summed E-state index contributed by atoms with van der Waals surface area (Å²) in [6.07, 6.45) is 3.76. The lowest BCUT2D eigenvalue weighted by Crippen LogP contribution is -3.20. The minimum absolute atomic E-state index is 0.0776. The maximum Gasteiger partial charge on any atom is 0.338 e. The number of ether oxygens (including phenoxy) is 1. The van der Waals surface area contributed by atoms with Gasteiger partial charge in [0.25, 0.3) is 0 Å². The first-order valence-electron chi connectivity index (χ1n) is 7.79. The lowest BCUT2D eigenvalue weighted by molar-refractivity contribution is -0.953. The molecule has 0 unspecified atom stereocenters. The van der Waals surface area contributed by atoms with E-state index in [9.17, 15) is 4.79 Å². The zero-order valence-corrected chi connectivity index (χ0v) is 13.8. The Balaban J connectivity index is 1.90. The van der Waals surface area contributed by atoms with Crippen molar-refractivity contribution in [3.8, 4) is 0 Å². The largest absolute Gasteiger partial charge is 0.453 e. The van der Waals surface area contributed by atoms with Crippen LogP contribution in [0.2, 0.25) is 5.02 Å². The van der Waals surface area contributed by atoms with E-state index < -0.39 is 0 Å². The van der Waals surface area contributed by atoms with Crippen LogP contribution in [0.3, 0.4) is 0 Å². The maximum atomic E-state index is 12.1. The van der Waals surface area contributed by atoms with Gasteiger partial charge in [0.2, 0.25) is 0 Å². The van der Waals surface area contributed by atoms with Gasteiger partial charge in [-0.15, -0.1) is 0 Å². The van der Waals surface area contributed by atoms with Crippen molar-refractivity contribution in [2.24, 2.45) is 0 Å². The Morgan fingerprint density at radius 3 is 2.43 bits per heavy atom. The quantitative estimate of drug-likeness (QED) is 0.867. The zero-order chi connectivity index (χ0) is 15.4. The van der Waals surface area contributed by atoms with E-state index in [1.165, 1.54) is 19.3 Å². The molecular weight excluding hydrogens is 286 g/mol. The lowest BCUT2D eigenvalue weighted by atomic mass is 9.97. The number of benzene rings is 1. The molecule has 1 aromatic carbocycles. The summed E-state index contributed by atoms with van der Waals surface area (Å²) in [4.78, 5) is 13.6. The molecule has 21 heavy (non-hydrogen) atoms. The smallest absolute Gasteiger partial charge is 0.338 e. The highest BCUT2D eigenvalue weighted by Gasteiger charge is 2.30. The van der Waals surface area contributed by atoms with E-state index >= 15 is 0 Å². The molecular formula is C17H25ClNO2+. The number of carbonyl (C=O) groups is 1. The highest BCUT2D eigenvalue weighted by molar-refractivity contribution is 6.30. The van der Waals surface area contributed by atoms with Crippen LogP contribution in [0.25, 0.3) is 0 Å². The van der Waals surface area contributed by atoms with E-state index in [0.29, 0.717) is 22.7 Å². The predicted octanol–water partition coefficient (Wildman–Crippen LogP) is 2.73. The highest BCUT2D eigenvalue weighted by atomic mass is 35.5. The van der Waals surface area contributed by atoms with Crippen LogP contribution in [0.15, 0.2) is 24.3 Å². The van der Waals surface area contributed by atoms with E-state index in [2.05, 4.69) is 13.8 Å². The van der Waals surface area contributed by atoms with Gasteiger partial charge < -0.3 is 9.64 Å². The van der Waals surface area contributed by atoms with Gasteiger partial charge in [0.15, 0.2) is 0 Å². The van der Waals surface area contributed by atoms with Gasteiger partial charge in [0, 0.05) is 5.02 Å².